The number of likely N-dealkylation sites (tertiary alicyclic amines) is 1. The molecule has 2 rings (SSSR count). The predicted molar refractivity (Wildman–Crippen MR) is 82.4 cm³/mol. The molecule has 4 heteroatoms. The molecule has 114 valence electrons. The molecule has 1 atom stereocenters. The van der Waals surface area contributed by atoms with Crippen LogP contribution in [0.5, 0.6) is 0 Å². The van der Waals surface area contributed by atoms with Crippen molar-refractivity contribution in [3.8, 4) is 0 Å². The van der Waals surface area contributed by atoms with Crippen LogP contribution in [-0.4, -0.2) is 29.8 Å². The summed E-state index contributed by atoms with van der Waals surface area (Å²) in [5.41, 5.74) is 1.11. The van der Waals surface area contributed by atoms with Gasteiger partial charge in [0.15, 0.2) is 0 Å². The van der Waals surface area contributed by atoms with E-state index in [0.29, 0.717) is 18.9 Å². The number of hydrogen-bond donors (Lipinski definition) is 1. The molecule has 1 aromatic carbocycles. The summed E-state index contributed by atoms with van der Waals surface area (Å²) in [6, 6.07) is 9.89. The average Bonchev–Trinajstić information content (AvgIpc) is 2.93. The first-order valence-corrected chi connectivity index (χ1v) is 7.65. The van der Waals surface area contributed by atoms with Gasteiger partial charge < -0.3 is 10.2 Å². The summed E-state index contributed by atoms with van der Waals surface area (Å²) in [4.78, 5) is 25.8. The number of benzene rings is 1. The van der Waals surface area contributed by atoms with Crippen LogP contribution in [0.4, 0.5) is 0 Å². The van der Waals surface area contributed by atoms with E-state index in [-0.39, 0.29) is 17.7 Å². The maximum atomic E-state index is 12.0. The van der Waals surface area contributed by atoms with Gasteiger partial charge in [-0.1, -0.05) is 44.2 Å². The topological polar surface area (TPSA) is 49.4 Å². The maximum absolute atomic E-state index is 12.0. The first kappa shape index (κ1) is 15.5. The summed E-state index contributed by atoms with van der Waals surface area (Å²) in [5, 5.41) is 2.95. The second kappa shape index (κ2) is 7.25. The average molecular weight is 288 g/mol. The third kappa shape index (κ3) is 4.59. The van der Waals surface area contributed by atoms with Crippen molar-refractivity contribution in [1.29, 1.82) is 0 Å². The number of hydrogen-bond acceptors (Lipinski definition) is 2. The van der Waals surface area contributed by atoms with Gasteiger partial charge in [-0.15, -0.1) is 0 Å². The Bertz CT molecular complexity index is 485. The third-order valence-corrected chi connectivity index (χ3v) is 3.90. The monoisotopic (exact) mass is 288 g/mol. The molecule has 1 saturated heterocycles. The molecule has 0 aromatic heterocycles. The normalized spacial score (nSPS) is 18.0. The van der Waals surface area contributed by atoms with Crippen LogP contribution in [0.1, 0.15) is 32.3 Å². The summed E-state index contributed by atoms with van der Waals surface area (Å²) in [7, 11) is 0. The highest BCUT2D eigenvalue weighted by atomic mass is 16.2. The lowest BCUT2D eigenvalue weighted by molar-refractivity contribution is -0.133. The van der Waals surface area contributed by atoms with Crippen LogP contribution in [0, 0.1) is 11.8 Å². The Morgan fingerprint density at radius 1 is 1.29 bits per heavy atom. The minimum atomic E-state index is 0.0376. The molecule has 1 heterocycles. The summed E-state index contributed by atoms with van der Waals surface area (Å²) in [5.74, 6) is 0.601. The Hall–Kier alpha value is -1.84. The van der Waals surface area contributed by atoms with E-state index in [1.165, 1.54) is 0 Å². The van der Waals surface area contributed by atoms with Crippen molar-refractivity contribution < 1.29 is 9.59 Å². The van der Waals surface area contributed by atoms with Gasteiger partial charge >= 0.3 is 0 Å². The number of amides is 2. The van der Waals surface area contributed by atoms with Crippen LogP contribution >= 0.6 is 0 Å². The standard InChI is InChI=1S/C17H24N2O2/c1-13(2)17(21)19-9-8-15(12-19)10-16(20)18-11-14-6-4-3-5-7-14/h3-7,13,15H,8-12H2,1-2H3,(H,18,20). The first-order valence-electron chi connectivity index (χ1n) is 7.65. The summed E-state index contributed by atoms with van der Waals surface area (Å²) in [6.45, 7) is 5.91. The van der Waals surface area contributed by atoms with E-state index in [2.05, 4.69) is 5.32 Å². The van der Waals surface area contributed by atoms with E-state index in [9.17, 15) is 9.59 Å². The van der Waals surface area contributed by atoms with Gasteiger partial charge in [-0.3, -0.25) is 9.59 Å². The largest absolute Gasteiger partial charge is 0.352 e. The lowest BCUT2D eigenvalue weighted by Crippen LogP contribution is -2.33. The van der Waals surface area contributed by atoms with E-state index >= 15 is 0 Å². The fourth-order valence-corrected chi connectivity index (χ4v) is 2.70. The zero-order valence-corrected chi connectivity index (χ0v) is 12.8. The maximum Gasteiger partial charge on any atom is 0.225 e. The minimum Gasteiger partial charge on any atom is -0.352 e. The molecule has 1 unspecified atom stereocenters. The van der Waals surface area contributed by atoms with Crippen molar-refractivity contribution in [2.45, 2.75) is 33.2 Å². The zero-order valence-electron chi connectivity index (χ0n) is 12.8. The van der Waals surface area contributed by atoms with Gasteiger partial charge in [0.05, 0.1) is 0 Å². The Kier molecular flexibility index (Phi) is 5.37. The van der Waals surface area contributed by atoms with Gasteiger partial charge in [0.25, 0.3) is 0 Å². The quantitative estimate of drug-likeness (QED) is 0.903. The van der Waals surface area contributed by atoms with Gasteiger partial charge in [0, 0.05) is 32.0 Å². The van der Waals surface area contributed by atoms with E-state index < -0.39 is 0 Å². The van der Waals surface area contributed by atoms with Crippen LogP contribution in [0.15, 0.2) is 30.3 Å². The highest BCUT2D eigenvalue weighted by Crippen LogP contribution is 2.21. The van der Waals surface area contributed by atoms with E-state index in [0.717, 1.165) is 25.1 Å². The molecule has 4 nitrogen and oxygen atoms in total. The second-order valence-electron chi connectivity index (χ2n) is 6.06. The summed E-state index contributed by atoms with van der Waals surface area (Å²) < 4.78 is 0. The van der Waals surface area contributed by atoms with E-state index in [4.69, 9.17) is 0 Å². The smallest absolute Gasteiger partial charge is 0.225 e. The van der Waals surface area contributed by atoms with Gasteiger partial charge in [0.1, 0.15) is 0 Å². The van der Waals surface area contributed by atoms with Crippen molar-refractivity contribution in [3.63, 3.8) is 0 Å². The zero-order chi connectivity index (χ0) is 15.2. The molecule has 1 aromatic rings. The van der Waals surface area contributed by atoms with Crippen molar-refractivity contribution in [2.24, 2.45) is 11.8 Å². The molecule has 0 radical (unpaired) electrons. The van der Waals surface area contributed by atoms with Gasteiger partial charge in [-0.2, -0.15) is 0 Å². The number of carbonyl (C=O) groups is 2. The number of carbonyl (C=O) groups excluding carboxylic acids is 2. The van der Waals surface area contributed by atoms with E-state index in [1.807, 2.05) is 49.1 Å². The van der Waals surface area contributed by atoms with Crippen LogP contribution in [0.2, 0.25) is 0 Å². The van der Waals surface area contributed by atoms with Crippen molar-refractivity contribution in [3.05, 3.63) is 35.9 Å². The molecular weight excluding hydrogens is 264 g/mol. The number of nitrogens with zero attached hydrogens (tertiary/aromatic N) is 1. The summed E-state index contributed by atoms with van der Waals surface area (Å²) in [6.07, 6.45) is 1.44. The predicted octanol–water partition coefficient (Wildman–Crippen LogP) is 2.20. The first-order chi connectivity index (χ1) is 10.1. The van der Waals surface area contributed by atoms with Gasteiger partial charge in [-0.05, 0) is 17.9 Å². The molecule has 1 aliphatic heterocycles. The van der Waals surface area contributed by atoms with Crippen LogP contribution in [0.3, 0.4) is 0 Å². The summed E-state index contributed by atoms with van der Waals surface area (Å²) >= 11 is 0. The Labute approximate surface area is 126 Å². The molecule has 1 fully saturated rings. The van der Waals surface area contributed by atoms with Crippen LogP contribution < -0.4 is 5.32 Å². The molecule has 0 saturated carbocycles. The molecule has 2 amide bonds. The van der Waals surface area contributed by atoms with Gasteiger partial charge in [0.2, 0.25) is 11.8 Å². The molecular formula is C17H24N2O2. The molecule has 0 aliphatic carbocycles. The molecule has 0 spiro atoms. The van der Waals surface area contributed by atoms with E-state index in [1.54, 1.807) is 0 Å². The van der Waals surface area contributed by atoms with Gasteiger partial charge in [-0.25, -0.2) is 0 Å². The Balaban J connectivity index is 1.73. The highest BCUT2D eigenvalue weighted by molar-refractivity contribution is 5.79. The van der Waals surface area contributed by atoms with Crippen molar-refractivity contribution in [1.82, 2.24) is 10.2 Å². The lowest BCUT2D eigenvalue weighted by Gasteiger charge is -2.18. The molecule has 0 bridgehead atoms. The molecule has 1 N–H and O–H groups in total. The third-order valence-electron chi connectivity index (χ3n) is 3.90. The fraction of sp³-hybridized carbons (Fsp3) is 0.529. The Morgan fingerprint density at radius 3 is 2.67 bits per heavy atom. The Morgan fingerprint density at radius 2 is 2.00 bits per heavy atom. The highest BCUT2D eigenvalue weighted by Gasteiger charge is 2.28. The van der Waals surface area contributed by atoms with Crippen LogP contribution in [0.25, 0.3) is 0 Å². The van der Waals surface area contributed by atoms with Crippen molar-refractivity contribution >= 4 is 11.8 Å². The fourth-order valence-electron chi connectivity index (χ4n) is 2.70. The van der Waals surface area contributed by atoms with Crippen molar-refractivity contribution in [2.75, 3.05) is 13.1 Å². The second-order valence-corrected chi connectivity index (χ2v) is 6.06. The number of nitrogens with one attached hydrogen (secondary N) is 1. The lowest BCUT2D eigenvalue weighted by atomic mass is 10.0. The molecule has 1 aliphatic rings. The van der Waals surface area contributed by atoms with Crippen LogP contribution in [-0.2, 0) is 16.1 Å². The SMILES string of the molecule is CC(C)C(=O)N1CCC(CC(=O)NCc2ccccc2)C1. The number of rotatable bonds is 5. The minimum absolute atomic E-state index is 0.0376. The molecule has 21 heavy (non-hydrogen) atoms.